The summed E-state index contributed by atoms with van der Waals surface area (Å²) in [5, 5.41) is 0. The van der Waals surface area contributed by atoms with Crippen LogP contribution in [0.3, 0.4) is 0 Å². The molecule has 19 heavy (non-hydrogen) atoms. The summed E-state index contributed by atoms with van der Waals surface area (Å²) in [5.74, 6) is 0.162. The molecule has 3 rings (SSSR count). The number of fused-ring (bicyclic) bond motifs is 2. The molecule has 4 heteroatoms. The van der Waals surface area contributed by atoms with Gasteiger partial charge >= 0.3 is 5.97 Å². The van der Waals surface area contributed by atoms with Crippen molar-refractivity contribution in [2.24, 2.45) is 11.7 Å². The molecule has 4 atom stereocenters. The molecule has 1 saturated heterocycles. The van der Waals surface area contributed by atoms with Crippen LogP contribution in [0.25, 0.3) is 0 Å². The average Bonchev–Trinajstić information content (AvgIpc) is 3.01. The molecule has 2 aliphatic rings. The first-order valence-corrected chi connectivity index (χ1v) is 6.54. The van der Waals surface area contributed by atoms with Gasteiger partial charge in [-0.05, 0) is 31.0 Å². The number of carbonyl (C=O) groups is 1. The molecule has 0 radical (unpaired) electrons. The second-order valence-corrected chi connectivity index (χ2v) is 5.15. The lowest BCUT2D eigenvalue weighted by Crippen LogP contribution is -2.27. The highest BCUT2D eigenvalue weighted by molar-refractivity contribution is 5.77. The van der Waals surface area contributed by atoms with Crippen LogP contribution < -0.4 is 10.5 Å². The van der Waals surface area contributed by atoms with E-state index >= 15 is 0 Å². The Morgan fingerprint density at radius 1 is 1.37 bits per heavy atom. The fraction of sp³-hybridized carbons (Fsp3) is 0.400. The predicted octanol–water partition coefficient (Wildman–Crippen LogP) is 1.96. The Labute approximate surface area is 112 Å². The Morgan fingerprint density at radius 3 is 2.63 bits per heavy atom. The van der Waals surface area contributed by atoms with Crippen LogP contribution in [-0.2, 0) is 9.53 Å². The normalized spacial score (nSPS) is 29.5. The molecule has 0 spiro atoms. The van der Waals surface area contributed by atoms with Crippen LogP contribution in [0.5, 0.6) is 5.75 Å². The van der Waals surface area contributed by atoms with Crippen molar-refractivity contribution < 1.29 is 14.3 Å². The zero-order valence-electron chi connectivity index (χ0n) is 10.8. The molecule has 1 fully saturated rings. The summed E-state index contributed by atoms with van der Waals surface area (Å²) in [4.78, 5) is 12.1. The van der Waals surface area contributed by atoms with Gasteiger partial charge in [-0.3, -0.25) is 4.79 Å². The van der Waals surface area contributed by atoms with E-state index in [4.69, 9.17) is 15.2 Å². The number of ether oxygens (including phenoxy) is 2. The predicted molar refractivity (Wildman–Crippen MR) is 70.6 cm³/mol. The van der Waals surface area contributed by atoms with Crippen molar-refractivity contribution in [3.05, 3.63) is 42.0 Å². The van der Waals surface area contributed by atoms with Gasteiger partial charge in [-0.2, -0.15) is 0 Å². The molecule has 2 heterocycles. The molecule has 0 saturated carbocycles. The molecule has 1 aromatic carbocycles. The lowest BCUT2D eigenvalue weighted by molar-refractivity contribution is -0.139. The molecule has 2 N–H and O–H groups in total. The zero-order valence-corrected chi connectivity index (χ0v) is 10.8. The molecule has 2 bridgehead atoms. The van der Waals surface area contributed by atoms with Gasteiger partial charge in [-0.15, -0.1) is 0 Å². The van der Waals surface area contributed by atoms with Crippen molar-refractivity contribution in [3.63, 3.8) is 0 Å². The number of esters is 1. The van der Waals surface area contributed by atoms with Gasteiger partial charge < -0.3 is 15.2 Å². The van der Waals surface area contributed by atoms with Crippen LogP contribution in [0.1, 0.15) is 24.9 Å². The fourth-order valence-corrected chi connectivity index (χ4v) is 2.54. The highest BCUT2D eigenvalue weighted by atomic mass is 16.5. The molecular weight excluding hydrogens is 242 g/mol. The fourth-order valence-electron chi connectivity index (χ4n) is 2.54. The summed E-state index contributed by atoms with van der Waals surface area (Å²) in [6.45, 7) is 1.92. The highest BCUT2D eigenvalue weighted by Crippen LogP contribution is 2.34. The maximum absolute atomic E-state index is 12.1. The first-order valence-electron chi connectivity index (χ1n) is 6.54. The molecule has 100 valence electrons. The largest absolute Gasteiger partial charge is 0.426 e. The van der Waals surface area contributed by atoms with Gasteiger partial charge in [0.1, 0.15) is 5.75 Å². The van der Waals surface area contributed by atoms with Crippen molar-refractivity contribution in [3.8, 4) is 5.75 Å². The van der Waals surface area contributed by atoms with Gasteiger partial charge in [-0.25, -0.2) is 0 Å². The Kier molecular flexibility index (Phi) is 3.12. The first-order chi connectivity index (χ1) is 9.13. The molecule has 2 aliphatic heterocycles. The lowest BCUT2D eigenvalue weighted by Gasteiger charge is -2.14. The van der Waals surface area contributed by atoms with Crippen LogP contribution in [0.4, 0.5) is 0 Å². The van der Waals surface area contributed by atoms with E-state index in [9.17, 15) is 4.79 Å². The van der Waals surface area contributed by atoms with Gasteiger partial charge in [0.2, 0.25) is 0 Å². The molecule has 0 aliphatic carbocycles. The van der Waals surface area contributed by atoms with Crippen LogP contribution in [0, 0.1) is 5.92 Å². The molecule has 0 amide bonds. The average molecular weight is 259 g/mol. The van der Waals surface area contributed by atoms with E-state index < -0.39 is 0 Å². The Bertz CT molecular complexity index is 507. The van der Waals surface area contributed by atoms with E-state index in [1.807, 2.05) is 31.2 Å². The number of nitrogens with two attached hydrogens (primary N) is 1. The lowest BCUT2D eigenvalue weighted by atomic mass is 9.94. The zero-order chi connectivity index (χ0) is 13.4. The smallest absolute Gasteiger partial charge is 0.317 e. The van der Waals surface area contributed by atoms with Crippen molar-refractivity contribution >= 4 is 5.97 Å². The molecular formula is C15H17NO3. The summed E-state index contributed by atoms with van der Waals surface area (Å²) in [5.41, 5.74) is 6.79. The standard InChI is InChI=1S/C15H17NO3/c1-9(16)10-2-4-11(5-3-10)19-15(17)13-8-12-6-7-14(13)18-12/h2-7,9,12-14H,8,16H2,1H3. The van der Waals surface area contributed by atoms with Crippen molar-refractivity contribution in [1.82, 2.24) is 0 Å². The molecule has 0 aromatic heterocycles. The third-order valence-corrected chi connectivity index (χ3v) is 3.66. The topological polar surface area (TPSA) is 61.5 Å². The van der Waals surface area contributed by atoms with E-state index in [0.717, 1.165) is 12.0 Å². The minimum absolute atomic E-state index is 0.0196. The number of rotatable bonds is 3. The maximum Gasteiger partial charge on any atom is 0.317 e. The van der Waals surface area contributed by atoms with Gasteiger partial charge in [0, 0.05) is 6.04 Å². The van der Waals surface area contributed by atoms with E-state index in [1.165, 1.54) is 0 Å². The maximum atomic E-state index is 12.1. The monoisotopic (exact) mass is 259 g/mol. The van der Waals surface area contributed by atoms with Gasteiger partial charge in [0.05, 0.1) is 18.1 Å². The Morgan fingerprint density at radius 2 is 2.11 bits per heavy atom. The van der Waals surface area contributed by atoms with Crippen molar-refractivity contribution in [1.29, 1.82) is 0 Å². The van der Waals surface area contributed by atoms with E-state index in [1.54, 1.807) is 12.1 Å². The van der Waals surface area contributed by atoms with Gasteiger partial charge in [0.15, 0.2) is 0 Å². The summed E-state index contributed by atoms with van der Waals surface area (Å²) >= 11 is 0. The van der Waals surface area contributed by atoms with Crippen molar-refractivity contribution in [2.45, 2.75) is 31.6 Å². The van der Waals surface area contributed by atoms with Gasteiger partial charge in [-0.1, -0.05) is 24.3 Å². The van der Waals surface area contributed by atoms with Crippen LogP contribution in [0.2, 0.25) is 0 Å². The summed E-state index contributed by atoms with van der Waals surface area (Å²) in [7, 11) is 0. The van der Waals surface area contributed by atoms with Crippen LogP contribution in [0.15, 0.2) is 36.4 Å². The summed E-state index contributed by atoms with van der Waals surface area (Å²) < 4.78 is 11.0. The number of hydrogen-bond acceptors (Lipinski definition) is 4. The summed E-state index contributed by atoms with van der Waals surface area (Å²) in [6, 6.07) is 7.30. The molecule has 4 nitrogen and oxygen atoms in total. The quantitative estimate of drug-likeness (QED) is 0.512. The third-order valence-electron chi connectivity index (χ3n) is 3.66. The minimum atomic E-state index is -0.217. The Hall–Kier alpha value is -1.65. The number of carbonyl (C=O) groups excluding carboxylic acids is 1. The van der Waals surface area contributed by atoms with Crippen LogP contribution in [-0.4, -0.2) is 18.2 Å². The van der Waals surface area contributed by atoms with E-state index in [-0.39, 0.29) is 30.1 Å². The number of benzene rings is 1. The van der Waals surface area contributed by atoms with E-state index in [2.05, 4.69) is 0 Å². The highest BCUT2D eigenvalue weighted by Gasteiger charge is 2.42. The minimum Gasteiger partial charge on any atom is -0.426 e. The second-order valence-electron chi connectivity index (χ2n) is 5.15. The molecule has 4 unspecified atom stereocenters. The number of hydrogen-bond donors (Lipinski definition) is 1. The third kappa shape index (κ3) is 2.41. The van der Waals surface area contributed by atoms with Crippen LogP contribution >= 0.6 is 0 Å². The van der Waals surface area contributed by atoms with Crippen molar-refractivity contribution in [2.75, 3.05) is 0 Å². The van der Waals surface area contributed by atoms with E-state index in [0.29, 0.717) is 5.75 Å². The van der Waals surface area contributed by atoms with Gasteiger partial charge in [0.25, 0.3) is 0 Å². The Balaban J connectivity index is 1.65. The first kappa shape index (κ1) is 12.4. The SMILES string of the molecule is CC(N)c1ccc(OC(=O)C2CC3C=CC2O3)cc1. The second kappa shape index (κ2) is 4.79. The molecule has 1 aromatic rings. The summed E-state index contributed by atoms with van der Waals surface area (Å²) in [6.07, 6.45) is 4.65.